The molecule has 2 fully saturated rings. The first-order valence-corrected chi connectivity index (χ1v) is 9.82. The number of nitro benzene ring substituents is 1. The zero-order chi connectivity index (χ0) is 18.5. The van der Waals surface area contributed by atoms with Crippen molar-refractivity contribution in [2.75, 3.05) is 21.3 Å². The summed E-state index contributed by atoms with van der Waals surface area (Å²) in [4.78, 5) is 26.5. The molecule has 2 aliphatic rings. The molecule has 0 radical (unpaired) electrons. The van der Waals surface area contributed by atoms with Crippen LogP contribution in [-0.2, 0) is 9.84 Å². The maximum Gasteiger partial charge on any atom is 0.329 e. The van der Waals surface area contributed by atoms with Gasteiger partial charge in [0.1, 0.15) is 0 Å². The molecule has 2 saturated heterocycles. The van der Waals surface area contributed by atoms with Gasteiger partial charge in [0.05, 0.1) is 34.2 Å². The van der Waals surface area contributed by atoms with E-state index >= 15 is 0 Å². The Morgan fingerprint density at radius 1 is 0.923 bits per heavy atom. The first-order valence-electron chi connectivity index (χ1n) is 8.00. The Labute approximate surface area is 149 Å². The number of urea groups is 1. The van der Waals surface area contributed by atoms with Gasteiger partial charge in [0.25, 0.3) is 5.69 Å². The molecule has 2 amide bonds. The zero-order valence-electron chi connectivity index (χ0n) is 13.6. The average Bonchev–Trinajstić information content (AvgIpc) is 3.04. The molecular formula is C17H15N3O5S. The van der Waals surface area contributed by atoms with Gasteiger partial charge in [-0.25, -0.2) is 13.2 Å². The summed E-state index contributed by atoms with van der Waals surface area (Å²) in [6, 6.07) is 13.1. The highest BCUT2D eigenvalue weighted by Gasteiger charge is 2.54. The number of carbonyl (C=O) groups excluding carboxylic acids is 1. The molecule has 0 N–H and O–H groups in total. The number of fused-ring (bicyclic) bond motifs is 1. The van der Waals surface area contributed by atoms with Crippen LogP contribution >= 0.6 is 0 Å². The summed E-state index contributed by atoms with van der Waals surface area (Å²) in [5, 5.41) is 11.1. The lowest BCUT2D eigenvalue weighted by molar-refractivity contribution is -0.384. The number of hydrogen-bond donors (Lipinski definition) is 0. The van der Waals surface area contributed by atoms with E-state index in [0.717, 1.165) is 0 Å². The van der Waals surface area contributed by atoms with Crippen LogP contribution in [0.25, 0.3) is 0 Å². The van der Waals surface area contributed by atoms with Gasteiger partial charge in [0, 0.05) is 17.8 Å². The molecule has 2 heterocycles. The molecule has 134 valence electrons. The molecule has 2 aromatic carbocycles. The standard InChI is InChI=1S/C17H15N3O5S/c21-17-18(12-5-2-1-3-6-12)15-10-26(24,25)11-16(15)19(17)13-7-4-8-14(9-13)20(22)23/h1-9,15-16H,10-11H2. The van der Waals surface area contributed by atoms with Gasteiger partial charge >= 0.3 is 6.03 Å². The molecule has 2 atom stereocenters. The number of non-ortho nitro benzene ring substituents is 1. The summed E-state index contributed by atoms with van der Waals surface area (Å²) in [6.07, 6.45) is 0. The minimum Gasteiger partial charge on any atom is -0.288 e. The van der Waals surface area contributed by atoms with E-state index in [1.54, 1.807) is 30.3 Å². The third kappa shape index (κ3) is 2.60. The van der Waals surface area contributed by atoms with Gasteiger partial charge in [-0.2, -0.15) is 0 Å². The topological polar surface area (TPSA) is 101 Å². The van der Waals surface area contributed by atoms with Crippen LogP contribution in [0, 0.1) is 10.1 Å². The van der Waals surface area contributed by atoms with Gasteiger partial charge in [-0.05, 0) is 18.2 Å². The molecule has 0 aromatic heterocycles. The molecule has 2 aliphatic heterocycles. The Bertz CT molecular complexity index is 992. The third-order valence-electron chi connectivity index (χ3n) is 4.72. The summed E-state index contributed by atoms with van der Waals surface area (Å²) in [5.74, 6) is -0.279. The van der Waals surface area contributed by atoms with E-state index in [9.17, 15) is 23.3 Å². The normalized spacial score (nSPS) is 23.9. The predicted molar refractivity (Wildman–Crippen MR) is 96.1 cm³/mol. The van der Waals surface area contributed by atoms with Crippen LogP contribution in [0.5, 0.6) is 0 Å². The molecule has 26 heavy (non-hydrogen) atoms. The van der Waals surface area contributed by atoms with Gasteiger partial charge in [0.2, 0.25) is 0 Å². The third-order valence-corrected chi connectivity index (χ3v) is 6.42. The summed E-state index contributed by atoms with van der Waals surface area (Å²) < 4.78 is 24.4. The maximum absolute atomic E-state index is 13.1. The first-order chi connectivity index (χ1) is 12.4. The minimum absolute atomic E-state index is 0.121. The highest BCUT2D eigenvalue weighted by molar-refractivity contribution is 7.91. The lowest BCUT2D eigenvalue weighted by atomic mass is 10.1. The molecule has 2 aromatic rings. The van der Waals surface area contributed by atoms with E-state index in [1.807, 2.05) is 6.07 Å². The second-order valence-corrected chi connectivity index (χ2v) is 8.50. The van der Waals surface area contributed by atoms with E-state index in [1.165, 1.54) is 28.0 Å². The fourth-order valence-electron chi connectivity index (χ4n) is 3.65. The van der Waals surface area contributed by atoms with E-state index in [2.05, 4.69) is 0 Å². The molecule has 9 heteroatoms. The first kappa shape index (κ1) is 16.5. The molecule has 0 aliphatic carbocycles. The molecule has 0 spiro atoms. The van der Waals surface area contributed by atoms with Crippen molar-refractivity contribution >= 4 is 32.9 Å². The number of nitro groups is 1. The number of rotatable bonds is 3. The number of hydrogen-bond acceptors (Lipinski definition) is 5. The Kier molecular flexibility index (Phi) is 3.69. The van der Waals surface area contributed by atoms with Crippen molar-refractivity contribution in [1.82, 2.24) is 0 Å². The number of nitrogens with zero attached hydrogens (tertiary/aromatic N) is 3. The Morgan fingerprint density at radius 2 is 1.50 bits per heavy atom. The van der Waals surface area contributed by atoms with Crippen molar-refractivity contribution in [3.63, 3.8) is 0 Å². The largest absolute Gasteiger partial charge is 0.329 e. The molecule has 2 unspecified atom stereocenters. The van der Waals surface area contributed by atoms with Gasteiger partial charge in [-0.3, -0.25) is 19.9 Å². The quantitative estimate of drug-likeness (QED) is 0.466. The Balaban J connectivity index is 1.81. The number of amides is 2. The molecule has 8 nitrogen and oxygen atoms in total. The lowest BCUT2D eigenvalue weighted by Crippen LogP contribution is -2.37. The van der Waals surface area contributed by atoms with E-state index < -0.39 is 26.8 Å². The van der Waals surface area contributed by atoms with Gasteiger partial charge < -0.3 is 0 Å². The van der Waals surface area contributed by atoms with Crippen molar-refractivity contribution in [2.45, 2.75) is 12.1 Å². The highest BCUT2D eigenvalue weighted by Crippen LogP contribution is 2.38. The van der Waals surface area contributed by atoms with Crippen molar-refractivity contribution in [3.05, 3.63) is 64.7 Å². The van der Waals surface area contributed by atoms with Crippen LogP contribution in [0.2, 0.25) is 0 Å². The number of sulfone groups is 1. The van der Waals surface area contributed by atoms with Gasteiger partial charge in [-0.1, -0.05) is 24.3 Å². The van der Waals surface area contributed by atoms with Gasteiger partial charge in [0.15, 0.2) is 9.84 Å². The fourth-order valence-corrected chi connectivity index (χ4v) is 5.57. The second kappa shape index (κ2) is 5.80. The number of benzene rings is 2. The monoisotopic (exact) mass is 373 g/mol. The number of anilines is 2. The highest BCUT2D eigenvalue weighted by atomic mass is 32.2. The predicted octanol–water partition coefficient (Wildman–Crippen LogP) is 2.21. The number of para-hydroxylation sites is 1. The van der Waals surface area contributed by atoms with Crippen molar-refractivity contribution in [1.29, 1.82) is 0 Å². The van der Waals surface area contributed by atoms with Gasteiger partial charge in [-0.15, -0.1) is 0 Å². The Morgan fingerprint density at radius 3 is 2.12 bits per heavy atom. The summed E-state index contributed by atoms with van der Waals surface area (Å²) in [6.45, 7) is 0. The van der Waals surface area contributed by atoms with Crippen LogP contribution in [0.3, 0.4) is 0 Å². The van der Waals surface area contributed by atoms with Crippen LogP contribution in [0.4, 0.5) is 21.9 Å². The number of carbonyl (C=O) groups is 1. The maximum atomic E-state index is 13.1. The van der Waals surface area contributed by atoms with Crippen molar-refractivity contribution in [3.8, 4) is 0 Å². The summed E-state index contributed by atoms with van der Waals surface area (Å²) in [5.41, 5.74) is 0.790. The van der Waals surface area contributed by atoms with Crippen LogP contribution < -0.4 is 9.80 Å². The summed E-state index contributed by atoms with van der Waals surface area (Å²) >= 11 is 0. The lowest BCUT2D eigenvalue weighted by Gasteiger charge is -2.22. The van der Waals surface area contributed by atoms with Crippen LogP contribution in [0.1, 0.15) is 0 Å². The van der Waals surface area contributed by atoms with E-state index in [0.29, 0.717) is 11.4 Å². The zero-order valence-corrected chi connectivity index (χ0v) is 14.4. The second-order valence-electron chi connectivity index (χ2n) is 6.35. The molecule has 0 bridgehead atoms. The minimum atomic E-state index is -3.31. The van der Waals surface area contributed by atoms with Crippen LogP contribution in [-0.4, -0.2) is 43.0 Å². The molecular weight excluding hydrogens is 358 g/mol. The SMILES string of the molecule is O=C1N(c2ccccc2)C2CS(=O)(=O)CC2N1c1cccc([N+](=O)[O-])c1. The smallest absolute Gasteiger partial charge is 0.288 e. The molecule has 0 saturated carbocycles. The Hall–Kier alpha value is -2.94. The average molecular weight is 373 g/mol. The van der Waals surface area contributed by atoms with E-state index in [-0.39, 0.29) is 23.2 Å². The van der Waals surface area contributed by atoms with E-state index in [4.69, 9.17) is 0 Å². The summed E-state index contributed by atoms with van der Waals surface area (Å²) in [7, 11) is -3.31. The fraction of sp³-hybridized carbons (Fsp3) is 0.235. The molecule has 4 rings (SSSR count). The van der Waals surface area contributed by atoms with Crippen molar-refractivity contribution < 1.29 is 18.1 Å². The van der Waals surface area contributed by atoms with Crippen molar-refractivity contribution in [2.24, 2.45) is 0 Å². The van der Waals surface area contributed by atoms with Crippen LogP contribution in [0.15, 0.2) is 54.6 Å².